The van der Waals surface area contributed by atoms with Gasteiger partial charge in [0.1, 0.15) is 0 Å². The van der Waals surface area contributed by atoms with Crippen LogP contribution in [-0.2, 0) is 22.6 Å². The minimum absolute atomic E-state index is 0.0239. The molecule has 0 aliphatic heterocycles. The van der Waals surface area contributed by atoms with Crippen LogP contribution in [0.3, 0.4) is 0 Å². The molecule has 5 nitrogen and oxygen atoms in total. The fourth-order valence-electron chi connectivity index (χ4n) is 2.94. The highest BCUT2D eigenvalue weighted by Crippen LogP contribution is 2.11. The van der Waals surface area contributed by atoms with Gasteiger partial charge in [-0.1, -0.05) is 48.9 Å². The van der Waals surface area contributed by atoms with Crippen molar-refractivity contribution in [3.8, 4) is 0 Å². The van der Waals surface area contributed by atoms with Gasteiger partial charge in [0, 0.05) is 19.3 Å². The summed E-state index contributed by atoms with van der Waals surface area (Å²) in [5, 5.41) is 2.83. The van der Waals surface area contributed by atoms with Crippen molar-refractivity contribution >= 4 is 17.5 Å². The SMILES string of the molecule is CCc1ccc(CN(C)[C@H](C)C(=O)N(C)CC(=O)Nc2ccc(C)cc2)cc1. The maximum absolute atomic E-state index is 12.7. The van der Waals surface area contributed by atoms with Crippen LogP contribution in [-0.4, -0.2) is 48.3 Å². The van der Waals surface area contributed by atoms with Gasteiger partial charge in [-0.25, -0.2) is 0 Å². The molecule has 1 N–H and O–H groups in total. The van der Waals surface area contributed by atoms with E-state index in [0.29, 0.717) is 6.54 Å². The Morgan fingerprint density at radius 2 is 1.54 bits per heavy atom. The summed E-state index contributed by atoms with van der Waals surface area (Å²) < 4.78 is 0. The van der Waals surface area contributed by atoms with Crippen LogP contribution in [0, 0.1) is 6.92 Å². The van der Waals surface area contributed by atoms with E-state index in [1.807, 2.05) is 50.1 Å². The number of carbonyl (C=O) groups excluding carboxylic acids is 2. The second-order valence-electron chi connectivity index (χ2n) is 7.37. The summed E-state index contributed by atoms with van der Waals surface area (Å²) in [7, 11) is 3.59. The Kier molecular flexibility index (Phi) is 7.76. The number of rotatable bonds is 8. The van der Waals surface area contributed by atoms with E-state index in [1.54, 1.807) is 7.05 Å². The smallest absolute Gasteiger partial charge is 0.243 e. The lowest BCUT2D eigenvalue weighted by molar-refractivity contribution is -0.137. The van der Waals surface area contributed by atoms with Gasteiger partial charge in [0.25, 0.3) is 0 Å². The molecule has 0 saturated heterocycles. The second-order valence-corrected chi connectivity index (χ2v) is 7.37. The molecule has 150 valence electrons. The highest BCUT2D eigenvalue weighted by molar-refractivity contribution is 5.95. The molecule has 2 rings (SSSR count). The number of likely N-dealkylation sites (N-methyl/N-ethyl adjacent to an activating group) is 2. The molecule has 0 spiro atoms. The molecule has 0 unspecified atom stereocenters. The first-order valence-corrected chi connectivity index (χ1v) is 9.69. The summed E-state index contributed by atoms with van der Waals surface area (Å²) in [5.74, 6) is -0.281. The van der Waals surface area contributed by atoms with E-state index in [4.69, 9.17) is 0 Å². The van der Waals surface area contributed by atoms with Crippen molar-refractivity contribution in [1.29, 1.82) is 0 Å². The van der Waals surface area contributed by atoms with E-state index in [9.17, 15) is 9.59 Å². The number of carbonyl (C=O) groups is 2. The Labute approximate surface area is 168 Å². The molecule has 1 atom stereocenters. The van der Waals surface area contributed by atoms with Crippen molar-refractivity contribution in [1.82, 2.24) is 9.80 Å². The zero-order chi connectivity index (χ0) is 20.7. The van der Waals surface area contributed by atoms with Crippen LogP contribution in [0.4, 0.5) is 5.69 Å². The molecular formula is C23H31N3O2. The summed E-state index contributed by atoms with van der Waals surface area (Å²) in [4.78, 5) is 28.4. The average Bonchev–Trinajstić information content (AvgIpc) is 2.69. The number of aryl methyl sites for hydroxylation is 2. The topological polar surface area (TPSA) is 52.7 Å². The third-order valence-electron chi connectivity index (χ3n) is 4.97. The van der Waals surface area contributed by atoms with Crippen LogP contribution in [0.1, 0.15) is 30.5 Å². The molecule has 0 aliphatic carbocycles. The quantitative estimate of drug-likeness (QED) is 0.762. The molecular weight excluding hydrogens is 350 g/mol. The van der Waals surface area contributed by atoms with Crippen molar-refractivity contribution < 1.29 is 9.59 Å². The Hall–Kier alpha value is -2.66. The van der Waals surface area contributed by atoms with E-state index in [1.165, 1.54) is 16.0 Å². The molecule has 0 saturated carbocycles. The summed E-state index contributed by atoms with van der Waals surface area (Å²) in [6, 6.07) is 15.7. The van der Waals surface area contributed by atoms with Crippen molar-refractivity contribution in [2.24, 2.45) is 0 Å². The second kappa shape index (κ2) is 10.0. The first kappa shape index (κ1) is 21.6. The monoisotopic (exact) mass is 381 g/mol. The van der Waals surface area contributed by atoms with Gasteiger partial charge in [-0.15, -0.1) is 0 Å². The standard InChI is InChI=1S/C23H31N3O2/c1-6-19-9-11-20(12-10-19)15-25(4)18(3)23(28)26(5)16-22(27)24-21-13-7-17(2)8-14-21/h7-14,18H,6,15-16H2,1-5H3,(H,24,27)/t18-/m1/s1. The molecule has 0 heterocycles. The van der Waals surface area contributed by atoms with Gasteiger partial charge in [-0.2, -0.15) is 0 Å². The molecule has 0 radical (unpaired) electrons. The first-order valence-electron chi connectivity index (χ1n) is 9.69. The van der Waals surface area contributed by atoms with Gasteiger partial charge >= 0.3 is 0 Å². The molecule has 0 aromatic heterocycles. The zero-order valence-electron chi connectivity index (χ0n) is 17.5. The molecule has 0 fully saturated rings. The number of hydrogen-bond donors (Lipinski definition) is 1. The largest absolute Gasteiger partial charge is 0.335 e. The van der Waals surface area contributed by atoms with E-state index in [-0.39, 0.29) is 24.4 Å². The van der Waals surface area contributed by atoms with Crippen LogP contribution in [0.2, 0.25) is 0 Å². The summed E-state index contributed by atoms with van der Waals surface area (Å²) in [6.45, 7) is 6.70. The van der Waals surface area contributed by atoms with Crippen molar-refractivity contribution in [3.05, 3.63) is 65.2 Å². The van der Waals surface area contributed by atoms with Crippen molar-refractivity contribution in [3.63, 3.8) is 0 Å². The lowest BCUT2D eigenvalue weighted by atomic mass is 10.1. The van der Waals surface area contributed by atoms with Gasteiger partial charge in [-0.05, 0) is 50.6 Å². The third-order valence-corrected chi connectivity index (χ3v) is 4.97. The Morgan fingerprint density at radius 3 is 2.11 bits per heavy atom. The fraction of sp³-hybridized carbons (Fsp3) is 0.391. The molecule has 2 aromatic carbocycles. The minimum Gasteiger partial charge on any atom is -0.335 e. The third kappa shape index (κ3) is 6.20. The van der Waals surface area contributed by atoms with Crippen LogP contribution in [0.5, 0.6) is 0 Å². The highest BCUT2D eigenvalue weighted by atomic mass is 16.2. The predicted molar refractivity (Wildman–Crippen MR) is 114 cm³/mol. The average molecular weight is 382 g/mol. The molecule has 2 amide bonds. The number of amides is 2. The van der Waals surface area contributed by atoms with Crippen LogP contribution >= 0.6 is 0 Å². The van der Waals surface area contributed by atoms with Gasteiger partial charge in [0.15, 0.2) is 0 Å². The number of nitrogens with zero attached hydrogens (tertiary/aromatic N) is 2. The number of nitrogens with one attached hydrogen (secondary N) is 1. The highest BCUT2D eigenvalue weighted by Gasteiger charge is 2.23. The minimum atomic E-state index is -0.317. The number of hydrogen-bond acceptors (Lipinski definition) is 3. The van der Waals surface area contributed by atoms with Gasteiger partial charge < -0.3 is 10.2 Å². The van der Waals surface area contributed by atoms with Crippen LogP contribution in [0.15, 0.2) is 48.5 Å². The maximum Gasteiger partial charge on any atom is 0.243 e. The van der Waals surface area contributed by atoms with E-state index >= 15 is 0 Å². The zero-order valence-corrected chi connectivity index (χ0v) is 17.5. The van der Waals surface area contributed by atoms with Gasteiger partial charge in [-0.3, -0.25) is 14.5 Å². The van der Waals surface area contributed by atoms with E-state index < -0.39 is 0 Å². The molecule has 2 aromatic rings. The maximum atomic E-state index is 12.7. The lowest BCUT2D eigenvalue weighted by Crippen LogP contribution is -2.46. The predicted octanol–water partition coefficient (Wildman–Crippen LogP) is 3.47. The normalized spacial score (nSPS) is 11.9. The number of anilines is 1. The lowest BCUT2D eigenvalue weighted by Gasteiger charge is -2.28. The van der Waals surface area contributed by atoms with Gasteiger partial charge in [0.05, 0.1) is 12.6 Å². The van der Waals surface area contributed by atoms with Crippen LogP contribution in [0.25, 0.3) is 0 Å². The fourth-order valence-corrected chi connectivity index (χ4v) is 2.94. The summed E-state index contributed by atoms with van der Waals surface area (Å²) in [5.41, 5.74) is 4.33. The Balaban J connectivity index is 1.87. The van der Waals surface area contributed by atoms with E-state index in [0.717, 1.165) is 17.7 Å². The molecule has 28 heavy (non-hydrogen) atoms. The van der Waals surface area contributed by atoms with Crippen molar-refractivity contribution in [2.45, 2.75) is 39.8 Å². The van der Waals surface area contributed by atoms with Crippen molar-refractivity contribution in [2.75, 3.05) is 26.0 Å². The van der Waals surface area contributed by atoms with Crippen LogP contribution < -0.4 is 5.32 Å². The summed E-state index contributed by atoms with van der Waals surface area (Å²) >= 11 is 0. The number of benzene rings is 2. The van der Waals surface area contributed by atoms with E-state index in [2.05, 4.69) is 36.5 Å². The summed E-state index contributed by atoms with van der Waals surface area (Å²) in [6.07, 6.45) is 1.01. The molecule has 5 heteroatoms. The Bertz CT molecular complexity index is 784. The molecule has 0 aliphatic rings. The first-order chi connectivity index (χ1) is 13.3. The Morgan fingerprint density at radius 1 is 0.964 bits per heavy atom. The molecule has 0 bridgehead atoms. The van der Waals surface area contributed by atoms with Gasteiger partial charge in [0.2, 0.25) is 11.8 Å².